The van der Waals surface area contributed by atoms with E-state index in [0.717, 1.165) is 50.2 Å². The van der Waals surface area contributed by atoms with E-state index in [9.17, 15) is 9.50 Å². The van der Waals surface area contributed by atoms with Crippen LogP contribution in [0, 0.1) is 12.7 Å². The summed E-state index contributed by atoms with van der Waals surface area (Å²) >= 11 is 0. The van der Waals surface area contributed by atoms with Gasteiger partial charge >= 0.3 is 0 Å². The monoisotopic (exact) mass is 407 g/mol. The fourth-order valence-corrected chi connectivity index (χ4v) is 4.32. The predicted molar refractivity (Wildman–Crippen MR) is 119 cm³/mol. The molecule has 1 saturated heterocycles. The van der Waals surface area contributed by atoms with Crippen molar-refractivity contribution >= 4 is 10.8 Å². The molecule has 0 amide bonds. The SMILES string of the molecule is Cc1c(OC2CCN(CCCC(O)c3ccc(F)cc3)CC2)ccc2ccccc12. The molecule has 3 aromatic rings. The summed E-state index contributed by atoms with van der Waals surface area (Å²) in [6, 6.07) is 18.8. The Kier molecular flexibility index (Phi) is 6.66. The zero-order valence-corrected chi connectivity index (χ0v) is 17.6. The smallest absolute Gasteiger partial charge is 0.123 e. The van der Waals surface area contributed by atoms with E-state index in [1.54, 1.807) is 12.1 Å². The summed E-state index contributed by atoms with van der Waals surface area (Å²) < 4.78 is 19.4. The van der Waals surface area contributed by atoms with Crippen molar-refractivity contribution < 1.29 is 14.2 Å². The number of aliphatic hydroxyl groups excluding tert-OH is 1. The topological polar surface area (TPSA) is 32.7 Å². The number of fused-ring (bicyclic) bond motifs is 1. The van der Waals surface area contributed by atoms with E-state index < -0.39 is 6.10 Å². The van der Waals surface area contributed by atoms with Gasteiger partial charge in [-0.3, -0.25) is 0 Å². The van der Waals surface area contributed by atoms with Crippen molar-refractivity contribution in [2.24, 2.45) is 0 Å². The molecule has 1 N–H and O–H groups in total. The van der Waals surface area contributed by atoms with Crippen LogP contribution in [0.5, 0.6) is 5.75 Å². The molecule has 1 aliphatic heterocycles. The van der Waals surface area contributed by atoms with E-state index in [-0.39, 0.29) is 11.9 Å². The van der Waals surface area contributed by atoms with Crippen LogP contribution in [-0.2, 0) is 0 Å². The lowest BCUT2D eigenvalue weighted by atomic mass is 10.0. The third-order valence-electron chi connectivity index (χ3n) is 6.18. The Morgan fingerprint density at radius 1 is 1.03 bits per heavy atom. The molecule has 1 unspecified atom stereocenters. The molecule has 0 spiro atoms. The van der Waals surface area contributed by atoms with Gasteiger partial charge in [-0.25, -0.2) is 4.39 Å². The Hall–Kier alpha value is -2.43. The number of piperidine rings is 1. The Labute approximate surface area is 178 Å². The number of likely N-dealkylation sites (tertiary alicyclic amines) is 1. The zero-order valence-electron chi connectivity index (χ0n) is 17.6. The Balaban J connectivity index is 1.22. The third kappa shape index (κ3) is 5.00. The Morgan fingerprint density at radius 2 is 1.77 bits per heavy atom. The van der Waals surface area contributed by atoms with Crippen molar-refractivity contribution in [2.45, 2.75) is 44.8 Å². The number of benzene rings is 3. The quantitative estimate of drug-likeness (QED) is 0.550. The third-order valence-corrected chi connectivity index (χ3v) is 6.18. The van der Waals surface area contributed by atoms with Gasteiger partial charge in [0.05, 0.1) is 6.10 Å². The minimum Gasteiger partial charge on any atom is -0.490 e. The van der Waals surface area contributed by atoms with Gasteiger partial charge in [0.1, 0.15) is 17.7 Å². The summed E-state index contributed by atoms with van der Waals surface area (Å²) in [6.45, 7) is 5.15. The lowest BCUT2D eigenvalue weighted by Gasteiger charge is -2.32. The molecule has 1 heterocycles. The standard InChI is InChI=1S/C26H30FNO2/c1-19-24-6-3-2-5-20(24)10-13-26(19)30-23-14-17-28(18-15-23)16-4-7-25(29)21-8-11-22(27)12-9-21/h2-3,5-6,8-13,23,25,29H,4,7,14-18H2,1H3. The minimum absolute atomic E-state index is 0.255. The van der Waals surface area contributed by atoms with Gasteiger partial charge in [-0.05, 0) is 79.3 Å². The number of rotatable bonds is 7. The molecule has 3 aromatic carbocycles. The Morgan fingerprint density at radius 3 is 2.53 bits per heavy atom. The highest BCUT2D eigenvalue weighted by molar-refractivity contribution is 5.87. The first-order valence-electron chi connectivity index (χ1n) is 10.9. The average Bonchev–Trinajstić information content (AvgIpc) is 2.77. The maximum atomic E-state index is 13.0. The van der Waals surface area contributed by atoms with Crippen molar-refractivity contribution in [1.82, 2.24) is 4.90 Å². The van der Waals surface area contributed by atoms with E-state index in [4.69, 9.17) is 4.74 Å². The minimum atomic E-state index is -0.526. The van der Waals surface area contributed by atoms with Crippen LogP contribution in [0.3, 0.4) is 0 Å². The lowest BCUT2D eigenvalue weighted by Crippen LogP contribution is -2.38. The zero-order chi connectivity index (χ0) is 20.9. The van der Waals surface area contributed by atoms with Crippen molar-refractivity contribution in [2.75, 3.05) is 19.6 Å². The molecule has 3 nitrogen and oxygen atoms in total. The number of ether oxygens (including phenoxy) is 1. The molecule has 1 aliphatic rings. The Bertz CT molecular complexity index is 964. The van der Waals surface area contributed by atoms with Crippen LogP contribution in [0.25, 0.3) is 10.8 Å². The van der Waals surface area contributed by atoms with Gasteiger partial charge in [0.15, 0.2) is 0 Å². The van der Waals surface area contributed by atoms with Crippen LogP contribution >= 0.6 is 0 Å². The van der Waals surface area contributed by atoms with Crippen LogP contribution < -0.4 is 4.74 Å². The summed E-state index contributed by atoms with van der Waals surface area (Å²) in [5.41, 5.74) is 2.00. The van der Waals surface area contributed by atoms with Crippen LogP contribution in [0.1, 0.15) is 42.9 Å². The van der Waals surface area contributed by atoms with E-state index in [1.165, 1.54) is 28.5 Å². The maximum absolute atomic E-state index is 13.0. The van der Waals surface area contributed by atoms with Crippen molar-refractivity contribution in [3.63, 3.8) is 0 Å². The van der Waals surface area contributed by atoms with Crippen molar-refractivity contribution in [3.8, 4) is 5.75 Å². The largest absolute Gasteiger partial charge is 0.490 e. The summed E-state index contributed by atoms with van der Waals surface area (Å²) in [5.74, 6) is 0.726. The number of hydrogen-bond donors (Lipinski definition) is 1. The highest BCUT2D eigenvalue weighted by Gasteiger charge is 2.21. The molecule has 0 saturated carbocycles. The van der Waals surface area contributed by atoms with Crippen LogP contribution in [0.2, 0.25) is 0 Å². The molecule has 4 heteroatoms. The molecule has 0 aromatic heterocycles. The molecule has 158 valence electrons. The van der Waals surface area contributed by atoms with Crippen LogP contribution in [0.4, 0.5) is 4.39 Å². The second kappa shape index (κ2) is 9.59. The van der Waals surface area contributed by atoms with E-state index in [0.29, 0.717) is 6.42 Å². The lowest BCUT2D eigenvalue weighted by molar-refractivity contribution is 0.0940. The maximum Gasteiger partial charge on any atom is 0.123 e. The summed E-state index contributed by atoms with van der Waals surface area (Å²) in [7, 11) is 0. The van der Waals surface area contributed by atoms with Crippen molar-refractivity contribution in [3.05, 3.63) is 77.6 Å². The number of halogens is 1. The number of aliphatic hydroxyl groups is 1. The summed E-state index contributed by atoms with van der Waals surface area (Å²) in [4.78, 5) is 2.45. The van der Waals surface area contributed by atoms with Crippen LogP contribution in [-0.4, -0.2) is 35.7 Å². The first-order valence-corrected chi connectivity index (χ1v) is 10.9. The molecule has 0 radical (unpaired) electrons. The fourth-order valence-electron chi connectivity index (χ4n) is 4.32. The normalized spacial score (nSPS) is 16.6. The molecule has 4 rings (SSSR count). The molecular formula is C26H30FNO2. The molecule has 0 aliphatic carbocycles. The van der Waals surface area contributed by atoms with Gasteiger partial charge in [-0.1, -0.05) is 42.5 Å². The predicted octanol–water partition coefficient (Wildman–Crippen LogP) is 5.64. The average molecular weight is 408 g/mol. The molecule has 30 heavy (non-hydrogen) atoms. The van der Waals surface area contributed by atoms with E-state index in [2.05, 4.69) is 48.2 Å². The highest BCUT2D eigenvalue weighted by Crippen LogP contribution is 2.29. The second-order valence-electron chi connectivity index (χ2n) is 8.28. The number of hydrogen-bond acceptors (Lipinski definition) is 3. The van der Waals surface area contributed by atoms with E-state index in [1.807, 2.05) is 0 Å². The van der Waals surface area contributed by atoms with Gasteiger partial charge in [-0.2, -0.15) is 0 Å². The number of aryl methyl sites for hydroxylation is 1. The van der Waals surface area contributed by atoms with E-state index >= 15 is 0 Å². The first-order chi connectivity index (χ1) is 14.6. The van der Waals surface area contributed by atoms with Gasteiger partial charge < -0.3 is 14.7 Å². The molecule has 0 bridgehead atoms. The van der Waals surface area contributed by atoms with Gasteiger partial charge in [0.25, 0.3) is 0 Å². The van der Waals surface area contributed by atoms with Crippen LogP contribution in [0.15, 0.2) is 60.7 Å². The summed E-state index contributed by atoms with van der Waals surface area (Å²) in [6.07, 6.45) is 3.39. The second-order valence-corrected chi connectivity index (χ2v) is 8.28. The summed E-state index contributed by atoms with van der Waals surface area (Å²) in [5, 5.41) is 12.8. The molecule has 1 fully saturated rings. The van der Waals surface area contributed by atoms with Gasteiger partial charge in [0, 0.05) is 13.1 Å². The fraction of sp³-hybridized carbons (Fsp3) is 0.385. The van der Waals surface area contributed by atoms with Gasteiger partial charge in [0.2, 0.25) is 0 Å². The van der Waals surface area contributed by atoms with Crippen molar-refractivity contribution in [1.29, 1.82) is 0 Å². The first kappa shape index (κ1) is 20.8. The molecule has 1 atom stereocenters. The number of nitrogens with zero attached hydrogens (tertiary/aromatic N) is 1. The highest BCUT2D eigenvalue weighted by atomic mass is 19.1. The van der Waals surface area contributed by atoms with Gasteiger partial charge in [-0.15, -0.1) is 0 Å². The molecular weight excluding hydrogens is 377 g/mol.